The molecule has 0 saturated carbocycles. The van der Waals surface area contributed by atoms with Crippen LogP contribution in [-0.2, 0) is 7.05 Å². The highest BCUT2D eigenvalue weighted by molar-refractivity contribution is 6.39. The highest BCUT2D eigenvalue weighted by Crippen LogP contribution is 2.40. The number of rotatable bonds is 2. The molecular weight excluding hydrogens is 374 g/mol. The molecule has 0 amide bonds. The molecule has 0 aliphatic rings. The fourth-order valence-corrected chi connectivity index (χ4v) is 3.94. The molecule has 0 atom stereocenters. The van der Waals surface area contributed by atoms with Gasteiger partial charge in [0.25, 0.3) is 0 Å². The van der Waals surface area contributed by atoms with Crippen LogP contribution in [0.2, 0.25) is 10.0 Å². The largest absolute Gasteiger partial charge is 0.283 e. The summed E-state index contributed by atoms with van der Waals surface area (Å²) in [5.74, 6) is 0.291. The minimum atomic E-state index is -0.476. The predicted molar refractivity (Wildman–Crippen MR) is 103 cm³/mol. The second-order valence-electron chi connectivity index (χ2n) is 6.26. The van der Waals surface area contributed by atoms with Gasteiger partial charge in [-0.25, -0.2) is 9.37 Å². The van der Waals surface area contributed by atoms with Crippen molar-refractivity contribution in [1.29, 1.82) is 0 Å². The van der Waals surface area contributed by atoms with E-state index < -0.39 is 5.82 Å². The van der Waals surface area contributed by atoms with Crippen LogP contribution in [0.15, 0.2) is 36.7 Å². The molecule has 4 aromatic rings. The van der Waals surface area contributed by atoms with Gasteiger partial charge in [-0.05, 0) is 43.7 Å². The Labute approximate surface area is 159 Å². The monoisotopic (exact) mass is 388 g/mol. The van der Waals surface area contributed by atoms with Gasteiger partial charge in [0.1, 0.15) is 18.0 Å². The zero-order chi connectivity index (χ0) is 18.6. The van der Waals surface area contributed by atoms with Crippen molar-refractivity contribution in [3.05, 3.63) is 63.8 Å². The SMILES string of the molecule is Cc1ccc2c(c1)ncn2-c1c(-c2c(Cl)cc(F)cc2Cl)c(C)nn1C. The summed E-state index contributed by atoms with van der Waals surface area (Å²) in [6, 6.07) is 8.58. The van der Waals surface area contributed by atoms with E-state index in [1.807, 2.05) is 43.7 Å². The van der Waals surface area contributed by atoms with Crippen LogP contribution in [0.4, 0.5) is 4.39 Å². The maximum Gasteiger partial charge on any atom is 0.144 e. The number of hydrogen-bond acceptors (Lipinski definition) is 2. The third kappa shape index (κ3) is 2.59. The Morgan fingerprint density at radius 2 is 1.69 bits per heavy atom. The third-order valence-electron chi connectivity index (χ3n) is 4.38. The van der Waals surface area contributed by atoms with Crippen molar-refractivity contribution >= 4 is 34.2 Å². The lowest BCUT2D eigenvalue weighted by atomic mass is 10.0. The highest BCUT2D eigenvalue weighted by Gasteiger charge is 2.23. The molecule has 0 spiro atoms. The lowest BCUT2D eigenvalue weighted by molar-refractivity contribution is 0.628. The van der Waals surface area contributed by atoms with Gasteiger partial charge in [-0.3, -0.25) is 9.25 Å². The van der Waals surface area contributed by atoms with Gasteiger partial charge >= 0.3 is 0 Å². The summed E-state index contributed by atoms with van der Waals surface area (Å²) in [7, 11) is 1.84. The summed E-state index contributed by atoms with van der Waals surface area (Å²) in [6.07, 6.45) is 1.75. The number of nitrogens with zero attached hydrogens (tertiary/aromatic N) is 4. The van der Waals surface area contributed by atoms with Gasteiger partial charge in [0, 0.05) is 12.6 Å². The van der Waals surface area contributed by atoms with Crippen molar-refractivity contribution in [2.45, 2.75) is 13.8 Å². The summed E-state index contributed by atoms with van der Waals surface area (Å²) >= 11 is 12.7. The molecule has 0 aliphatic carbocycles. The smallest absolute Gasteiger partial charge is 0.144 e. The molecule has 0 N–H and O–H groups in total. The Morgan fingerprint density at radius 1 is 1.00 bits per heavy atom. The first kappa shape index (κ1) is 17.1. The summed E-state index contributed by atoms with van der Waals surface area (Å²) < 4.78 is 17.3. The van der Waals surface area contributed by atoms with E-state index in [0.717, 1.165) is 33.7 Å². The van der Waals surface area contributed by atoms with E-state index in [9.17, 15) is 4.39 Å². The minimum absolute atomic E-state index is 0.243. The Morgan fingerprint density at radius 3 is 2.38 bits per heavy atom. The van der Waals surface area contributed by atoms with Crippen LogP contribution in [0, 0.1) is 19.7 Å². The van der Waals surface area contributed by atoms with Crippen molar-refractivity contribution in [2.75, 3.05) is 0 Å². The molecule has 0 aliphatic heterocycles. The highest BCUT2D eigenvalue weighted by atomic mass is 35.5. The molecule has 4 nitrogen and oxygen atoms in total. The molecule has 0 unspecified atom stereocenters. The molecule has 132 valence electrons. The van der Waals surface area contributed by atoms with Crippen LogP contribution < -0.4 is 0 Å². The molecule has 0 saturated heterocycles. The van der Waals surface area contributed by atoms with E-state index >= 15 is 0 Å². The fourth-order valence-electron chi connectivity index (χ4n) is 3.29. The molecule has 4 rings (SSSR count). The van der Waals surface area contributed by atoms with Crippen LogP contribution in [-0.4, -0.2) is 19.3 Å². The lowest BCUT2D eigenvalue weighted by Gasteiger charge is -2.12. The van der Waals surface area contributed by atoms with E-state index in [-0.39, 0.29) is 10.0 Å². The van der Waals surface area contributed by atoms with Crippen molar-refractivity contribution in [3.63, 3.8) is 0 Å². The van der Waals surface area contributed by atoms with E-state index in [1.54, 1.807) is 11.0 Å². The molecule has 0 bridgehead atoms. The third-order valence-corrected chi connectivity index (χ3v) is 4.98. The van der Waals surface area contributed by atoms with Gasteiger partial charge in [0.05, 0.1) is 32.3 Å². The number of fused-ring (bicyclic) bond motifs is 1. The Balaban J connectivity index is 2.06. The normalized spacial score (nSPS) is 11.5. The second-order valence-corrected chi connectivity index (χ2v) is 7.07. The molecule has 26 heavy (non-hydrogen) atoms. The standard InChI is InChI=1S/C19H15Cl2FN4/c1-10-4-5-16-15(6-10)23-9-26(16)19-17(11(2)24-25(19)3)18-13(20)7-12(22)8-14(18)21/h4-9H,1-3H3. The van der Waals surface area contributed by atoms with Gasteiger partial charge in [0.2, 0.25) is 0 Å². The van der Waals surface area contributed by atoms with Gasteiger partial charge in [-0.2, -0.15) is 5.10 Å². The average molecular weight is 389 g/mol. The maximum atomic E-state index is 13.6. The maximum absolute atomic E-state index is 13.6. The number of aromatic nitrogens is 4. The number of imidazole rings is 1. The van der Waals surface area contributed by atoms with Crippen LogP contribution >= 0.6 is 23.2 Å². The molecule has 2 aromatic heterocycles. The van der Waals surface area contributed by atoms with Crippen molar-refractivity contribution < 1.29 is 4.39 Å². The summed E-state index contributed by atoms with van der Waals surface area (Å²) in [5, 5.41) is 5.02. The van der Waals surface area contributed by atoms with E-state index in [4.69, 9.17) is 23.2 Å². The molecule has 0 radical (unpaired) electrons. The van der Waals surface area contributed by atoms with Gasteiger partial charge in [-0.15, -0.1) is 0 Å². The number of aryl methyl sites for hydroxylation is 3. The van der Waals surface area contributed by atoms with E-state index in [0.29, 0.717) is 5.56 Å². The molecular formula is C19H15Cl2FN4. The number of hydrogen-bond donors (Lipinski definition) is 0. The van der Waals surface area contributed by atoms with Crippen molar-refractivity contribution in [3.8, 4) is 16.9 Å². The van der Waals surface area contributed by atoms with E-state index in [2.05, 4.69) is 10.1 Å². The van der Waals surface area contributed by atoms with E-state index in [1.165, 1.54) is 12.1 Å². The Bertz CT molecular complexity index is 1140. The first-order chi connectivity index (χ1) is 12.4. The number of benzene rings is 2. The summed E-state index contributed by atoms with van der Waals surface area (Å²) in [5.41, 5.74) is 5.01. The van der Waals surface area contributed by atoms with Crippen LogP contribution in [0.1, 0.15) is 11.3 Å². The van der Waals surface area contributed by atoms with Crippen molar-refractivity contribution in [2.24, 2.45) is 7.05 Å². The lowest BCUT2D eigenvalue weighted by Crippen LogP contribution is -2.03. The van der Waals surface area contributed by atoms with Gasteiger partial charge in [0.15, 0.2) is 0 Å². The molecule has 0 fully saturated rings. The Hall–Kier alpha value is -2.37. The minimum Gasteiger partial charge on any atom is -0.283 e. The van der Waals surface area contributed by atoms with Crippen LogP contribution in [0.25, 0.3) is 28.0 Å². The topological polar surface area (TPSA) is 35.6 Å². The first-order valence-corrected chi connectivity index (χ1v) is 8.75. The second kappa shape index (κ2) is 6.11. The molecule has 7 heteroatoms. The summed E-state index contributed by atoms with van der Waals surface area (Å²) in [4.78, 5) is 4.50. The molecule has 2 aromatic carbocycles. The van der Waals surface area contributed by atoms with Crippen LogP contribution in [0.5, 0.6) is 0 Å². The predicted octanol–water partition coefficient (Wildman–Crippen LogP) is 5.49. The molecule has 2 heterocycles. The zero-order valence-electron chi connectivity index (χ0n) is 14.4. The summed E-state index contributed by atoms with van der Waals surface area (Å²) in [6.45, 7) is 3.90. The van der Waals surface area contributed by atoms with Gasteiger partial charge < -0.3 is 0 Å². The average Bonchev–Trinajstić information content (AvgIpc) is 3.07. The first-order valence-electron chi connectivity index (χ1n) is 7.99. The Kier molecular flexibility index (Phi) is 4.01. The zero-order valence-corrected chi connectivity index (χ0v) is 15.9. The van der Waals surface area contributed by atoms with Gasteiger partial charge in [-0.1, -0.05) is 29.3 Å². The van der Waals surface area contributed by atoms with Crippen molar-refractivity contribution in [1.82, 2.24) is 19.3 Å². The number of halogens is 3. The fraction of sp³-hybridized carbons (Fsp3) is 0.158. The van der Waals surface area contributed by atoms with Crippen LogP contribution in [0.3, 0.4) is 0 Å². The quantitative estimate of drug-likeness (QED) is 0.455.